The zero-order chi connectivity index (χ0) is 19.3. The Labute approximate surface area is 165 Å². The first kappa shape index (κ1) is 17.9. The van der Waals surface area contributed by atoms with Crippen LogP contribution in [0.25, 0.3) is 10.8 Å². The molecule has 28 heavy (non-hydrogen) atoms. The van der Waals surface area contributed by atoms with Crippen molar-refractivity contribution in [1.29, 1.82) is 0 Å². The van der Waals surface area contributed by atoms with Crippen LogP contribution in [-0.4, -0.2) is 15.9 Å². The molecule has 0 bridgehead atoms. The number of thiophene rings is 1. The van der Waals surface area contributed by atoms with Gasteiger partial charge in [-0.05, 0) is 54.8 Å². The molecule has 0 saturated heterocycles. The fraction of sp³-hybridized carbons (Fsp3) is 0.0952. The average molecular weight is 391 g/mol. The van der Waals surface area contributed by atoms with E-state index in [1.807, 2.05) is 24.4 Å². The molecule has 3 heterocycles. The Morgan fingerprint density at radius 1 is 1.11 bits per heavy atom. The summed E-state index contributed by atoms with van der Waals surface area (Å²) in [6.07, 6.45) is 3.48. The molecule has 1 aromatic carbocycles. The van der Waals surface area contributed by atoms with Gasteiger partial charge in [-0.3, -0.25) is 9.78 Å². The molecule has 6 nitrogen and oxygen atoms in total. The van der Waals surface area contributed by atoms with E-state index in [0.717, 1.165) is 4.88 Å². The number of amides is 1. The van der Waals surface area contributed by atoms with E-state index in [4.69, 9.17) is 9.15 Å². The maximum absolute atomic E-state index is 12.4. The molecular weight excluding hydrogens is 374 g/mol. The second kappa shape index (κ2) is 8.06. The number of pyridine rings is 1. The molecule has 1 N–H and O–H groups in total. The lowest BCUT2D eigenvalue weighted by Crippen LogP contribution is -2.15. The van der Waals surface area contributed by atoms with Crippen LogP contribution >= 0.6 is 11.3 Å². The van der Waals surface area contributed by atoms with Gasteiger partial charge in [0.15, 0.2) is 0 Å². The van der Waals surface area contributed by atoms with Crippen LogP contribution in [0.3, 0.4) is 0 Å². The second-order valence-corrected chi connectivity index (χ2v) is 6.98. The number of ether oxygens (including phenoxy) is 1. The molecule has 0 radical (unpaired) electrons. The van der Waals surface area contributed by atoms with Crippen LogP contribution in [0.15, 0.2) is 70.7 Å². The van der Waals surface area contributed by atoms with Crippen LogP contribution in [-0.2, 0) is 11.2 Å². The van der Waals surface area contributed by atoms with Gasteiger partial charge in [-0.1, -0.05) is 6.07 Å². The van der Waals surface area contributed by atoms with Crippen LogP contribution < -0.4 is 10.1 Å². The standard InChI is InChI=1S/C21H17N3O3S/c1-14-18(24-21(26-14)19-3-2-12-28-19)13-20(25)23-15-4-6-16(7-5-15)27-17-8-10-22-11-9-17/h2-12H,13H2,1H3,(H,23,25). The number of anilines is 1. The molecule has 0 aliphatic carbocycles. The Hall–Kier alpha value is -3.45. The second-order valence-electron chi connectivity index (χ2n) is 6.03. The lowest BCUT2D eigenvalue weighted by Gasteiger charge is -2.07. The minimum atomic E-state index is -0.156. The van der Waals surface area contributed by atoms with E-state index < -0.39 is 0 Å². The Kier molecular flexibility index (Phi) is 5.16. The van der Waals surface area contributed by atoms with E-state index in [1.54, 1.807) is 60.1 Å². The maximum atomic E-state index is 12.4. The van der Waals surface area contributed by atoms with Crippen molar-refractivity contribution in [1.82, 2.24) is 9.97 Å². The van der Waals surface area contributed by atoms with E-state index in [9.17, 15) is 4.79 Å². The molecule has 0 saturated carbocycles. The van der Waals surface area contributed by atoms with E-state index >= 15 is 0 Å². The number of carbonyl (C=O) groups is 1. The van der Waals surface area contributed by atoms with Crippen LogP contribution in [0.4, 0.5) is 5.69 Å². The third-order valence-electron chi connectivity index (χ3n) is 3.98. The van der Waals surface area contributed by atoms with Crippen molar-refractivity contribution in [3.8, 4) is 22.3 Å². The molecule has 140 valence electrons. The summed E-state index contributed by atoms with van der Waals surface area (Å²) in [5, 5.41) is 4.83. The Bertz CT molecular complexity index is 1060. The Morgan fingerprint density at radius 2 is 1.86 bits per heavy atom. The van der Waals surface area contributed by atoms with Gasteiger partial charge in [0, 0.05) is 18.1 Å². The highest BCUT2D eigenvalue weighted by Gasteiger charge is 2.15. The maximum Gasteiger partial charge on any atom is 0.236 e. The topological polar surface area (TPSA) is 77.2 Å². The van der Waals surface area contributed by atoms with Crippen molar-refractivity contribution < 1.29 is 13.9 Å². The van der Waals surface area contributed by atoms with Crippen LogP contribution in [0.2, 0.25) is 0 Å². The smallest absolute Gasteiger partial charge is 0.236 e. The molecule has 0 spiro atoms. The number of carbonyl (C=O) groups excluding carboxylic acids is 1. The highest BCUT2D eigenvalue weighted by Crippen LogP contribution is 2.26. The van der Waals surface area contributed by atoms with Crippen LogP contribution in [0.5, 0.6) is 11.5 Å². The first-order valence-electron chi connectivity index (χ1n) is 8.65. The number of rotatable bonds is 6. The number of aromatic nitrogens is 2. The molecule has 7 heteroatoms. The van der Waals surface area contributed by atoms with Gasteiger partial charge in [-0.15, -0.1) is 11.3 Å². The first-order valence-corrected chi connectivity index (χ1v) is 9.53. The lowest BCUT2D eigenvalue weighted by atomic mass is 10.2. The minimum absolute atomic E-state index is 0.149. The number of aryl methyl sites for hydroxylation is 1. The largest absolute Gasteiger partial charge is 0.457 e. The van der Waals surface area contributed by atoms with Gasteiger partial charge in [0.2, 0.25) is 11.8 Å². The number of nitrogens with zero attached hydrogens (tertiary/aromatic N) is 2. The minimum Gasteiger partial charge on any atom is -0.457 e. The van der Waals surface area contributed by atoms with E-state index in [0.29, 0.717) is 34.5 Å². The highest BCUT2D eigenvalue weighted by atomic mass is 32.1. The van der Waals surface area contributed by atoms with Crippen LogP contribution in [0, 0.1) is 6.92 Å². The lowest BCUT2D eigenvalue weighted by molar-refractivity contribution is -0.115. The molecule has 0 aliphatic rings. The molecule has 0 aliphatic heterocycles. The zero-order valence-corrected chi connectivity index (χ0v) is 15.9. The van der Waals surface area contributed by atoms with Gasteiger partial charge >= 0.3 is 0 Å². The summed E-state index contributed by atoms with van der Waals surface area (Å²) in [6, 6.07) is 14.6. The number of benzene rings is 1. The highest BCUT2D eigenvalue weighted by molar-refractivity contribution is 7.13. The first-order chi connectivity index (χ1) is 13.7. The molecule has 0 unspecified atom stereocenters. The molecule has 3 aromatic heterocycles. The zero-order valence-electron chi connectivity index (χ0n) is 15.1. The van der Waals surface area contributed by atoms with Crippen molar-refractivity contribution >= 4 is 22.9 Å². The van der Waals surface area contributed by atoms with Crippen molar-refractivity contribution in [2.45, 2.75) is 13.3 Å². The fourth-order valence-corrected chi connectivity index (χ4v) is 3.25. The molecule has 4 rings (SSSR count). The normalized spacial score (nSPS) is 10.6. The van der Waals surface area contributed by atoms with Gasteiger partial charge in [-0.2, -0.15) is 0 Å². The van der Waals surface area contributed by atoms with Crippen molar-refractivity contribution in [3.05, 3.63) is 77.8 Å². The van der Waals surface area contributed by atoms with Gasteiger partial charge in [0.25, 0.3) is 0 Å². The SMILES string of the molecule is Cc1oc(-c2cccs2)nc1CC(=O)Nc1ccc(Oc2ccncc2)cc1. The summed E-state index contributed by atoms with van der Waals surface area (Å²) in [4.78, 5) is 21.7. The Morgan fingerprint density at radius 3 is 2.57 bits per heavy atom. The molecule has 1 amide bonds. The Balaban J connectivity index is 1.37. The summed E-state index contributed by atoms with van der Waals surface area (Å²) < 4.78 is 11.4. The quantitative estimate of drug-likeness (QED) is 0.496. The predicted molar refractivity (Wildman–Crippen MR) is 108 cm³/mol. The van der Waals surface area contributed by atoms with Crippen molar-refractivity contribution in [3.63, 3.8) is 0 Å². The van der Waals surface area contributed by atoms with E-state index in [-0.39, 0.29) is 12.3 Å². The molecular formula is C21H17N3O3S. The number of nitrogens with one attached hydrogen (secondary N) is 1. The summed E-state index contributed by atoms with van der Waals surface area (Å²) in [6.45, 7) is 1.82. The summed E-state index contributed by atoms with van der Waals surface area (Å²) in [5.74, 6) is 2.43. The van der Waals surface area contributed by atoms with Crippen LogP contribution in [0.1, 0.15) is 11.5 Å². The number of hydrogen-bond donors (Lipinski definition) is 1. The van der Waals surface area contributed by atoms with E-state index in [1.165, 1.54) is 0 Å². The van der Waals surface area contributed by atoms with Gasteiger partial charge in [-0.25, -0.2) is 4.98 Å². The summed E-state index contributed by atoms with van der Waals surface area (Å²) >= 11 is 1.55. The van der Waals surface area contributed by atoms with Gasteiger partial charge < -0.3 is 14.5 Å². The average Bonchev–Trinajstić information content (AvgIpc) is 3.35. The third kappa shape index (κ3) is 4.27. The van der Waals surface area contributed by atoms with Gasteiger partial charge in [0.05, 0.1) is 17.0 Å². The third-order valence-corrected chi connectivity index (χ3v) is 4.83. The fourth-order valence-electron chi connectivity index (χ4n) is 2.60. The predicted octanol–water partition coefficient (Wildman–Crippen LogP) is 5.08. The van der Waals surface area contributed by atoms with Gasteiger partial charge in [0.1, 0.15) is 17.3 Å². The number of hydrogen-bond acceptors (Lipinski definition) is 6. The molecule has 0 atom stereocenters. The molecule has 4 aromatic rings. The van der Waals surface area contributed by atoms with Crippen molar-refractivity contribution in [2.24, 2.45) is 0 Å². The molecule has 0 fully saturated rings. The van der Waals surface area contributed by atoms with Crippen molar-refractivity contribution in [2.75, 3.05) is 5.32 Å². The van der Waals surface area contributed by atoms with E-state index in [2.05, 4.69) is 15.3 Å². The summed E-state index contributed by atoms with van der Waals surface area (Å²) in [5.41, 5.74) is 1.32. The number of oxazole rings is 1. The summed E-state index contributed by atoms with van der Waals surface area (Å²) in [7, 11) is 0. The monoisotopic (exact) mass is 391 g/mol.